The number of carboxylic acid groups (broad SMARTS) is 1. The van der Waals surface area contributed by atoms with E-state index in [0.717, 1.165) is 56.9 Å². The first kappa shape index (κ1) is 44.4. The molecular formula is C53H55N5O8. The zero-order valence-electron chi connectivity index (χ0n) is 37.7. The molecule has 5 aromatic carbocycles. The molecule has 0 aromatic heterocycles. The van der Waals surface area contributed by atoms with Gasteiger partial charge in [0.25, 0.3) is 11.8 Å². The monoisotopic (exact) mass is 889 g/mol. The summed E-state index contributed by atoms with van der Waals surface area (Å²) < 4.78 is 24.7. The first-order chi connectivity index (χ1) is 32.1. The van der Waals surface area contributed by atoms with E-state index in [9.17, 15) is 19.5 Å². The minimum Gasteiger partial charge on any atom is -0.489 e. The van der Waals surface area contributed by atoms with Crippen LogP contribution in [0, 0.1) is 13.8 Å². The van der Waals surface area contributed by atoms with E-state index < -0.39 is 5.97 Å². The maximum absolute atomic E-state index is 14.0. The number of anilines is 3. The Kier molecular flexibility index (Phi) is 13.3. The Bertz CT molecular complexity index is 2560. The number of nitrogens with zero attached hydrogens (tertiary/aromatic N) is 5. The molecule has 2 atom stereocenters. The minimum absolute atomic E-state index is 0.0300. The van der Waals surface area contributed by atoms with Crippen molar-refractivity contribution in [3.8, 4) is 11.5 Å². The van der Waals surface area contributed by atoms with Gasteiger partial charge in [-0.25, -0.2) is 0 Å². The third-order valence-electron chi connectivity index (χ3n) is 12.5. The number of aliphatic imine (C=N–C) groups is 2. The molecule has 4 aliphatic rings. The molecule has 340 valence electrons. The molecule has 0 bridgehead atoms. The zero-order chi connectivity index (χ0) is 45.7. The second-order valence-electron chi connectivity index (χ2n) is 17.3. The fourth-order valence-electron chi connectivity index (χ4n) is 9.25. The molecule has 0 fully saturated rings. The Morgan fingerprint density at radius 2 is 1.20 bits per heavy atom. The van der Waals surface area contributed by atoms with Gasteiger partial charge >= 0.3 is 5.97 Å². The van der Waals surface area contributed by atoms with E-state index in [1.807, 2.05) is 103 Å². The number of hydrogen-bond acceptors (Lipinski definition) is 10. The van der Waals surface area contributed by atoms with Crippen LogP contribution in [0.5, 0.6) is 11.5 Å². The van der Waals surface area contributed by atoms with E-state index in [2.05, 4.69) is 36.1 Å². The molecule has 0 saturated heterocycles. The lowest BCUT2D eigenvalue weighted by Crippen LogP contribution is -2.37. The lowest BCUT2D eigenvalue weighted by atomic mass is 10.1. The van der Waals surface area contributed by atoms with Crippen molar-refractivity contribution in [1.29, 1.82) is 0 Å². The van der Waals surface area contributed by atoms with E-state index in [0.29, 0.717) is 92.8 Å². The Hall–Kier alpha value is -6.83. The number of ether oxygens (including phenoxy) is 4. The first-order valence-electron chi connectivity index (χ1n) is 22.9. The highest BCUT2D eigenvalue weighted by atomic mass is 16.5. The smallest absolute Gasteiger partial charge is 0.303 e. The molecule has 13 heteroatoms. The summed E-state index contributed by atoms with van der Waals surface area (Å²) in [5.74, 6) is 0.204. The standard InChI is InChI=1S/C53H55N5O8/c1-4-17-63-19-20-64-18-16-56(15-9-14-51(59)60)40-24-36(32-65-49-28-45-43(21-34(49)2)52(61)57-41(30-54-45)26-38-10-5-7-12-47(38)57)23-37(25-40)33-66-50-29-46-44(22-35(50)3)53(62)58-42(31-55-46)27-39-11-6-8-13-48(39)58/h5-8,10-13,21-25,28-31,41-42H,4,9,14-20,26-27,32-33H2,1-3H3,(H,59,60)/t41-,42-/m0/s1. The summed E-state index contributed by atoms with van der Waals surface area (Å²) in [5, 5.41) is 9.52. The van der Waals surface area contributed by atoms with E-state index >= 15 is 0 Å². The number of carboxylic acids is 1. The first-order valence-corrected chi connectivity index (χ1v) is 22.9. The van der Waals surface area contributed by atoms with Gasteiger partial charge in [-0.3, -0.25) is 34.2 Å². The summed E-state index contributed by atoms with van der Waals surface area (Å²) in [6.07, 6.45) is 6.55. The number of aryl methyl sites for hydroxylation is 2. The zero-order valence-corrected chi connectivity index (χ0v) is 37.7. The molecule has 4 aliphatic heterocycles. The molecule has 0 spiro atoms. The average Bonchev–Trinajstić information content (AvgIpc) is 3.81. The topological polar surface area (TPSA) is 143 Å². The summed E-state index contributed by atoms with van der Waals surface area (Å²) >= 11 is 0. The van der Waals surface area contributed by atoms with Crippen LogP contribution in [-0.4, -0.2) is 86.9 Å². The molecule has 0 unspecified atom stereocenters. The maximum atomic E-state index is 14.0. The molecule has 4 heterocycles. The Morgan fingerprint density at radius 3 is 1.71 bits per heavy atom. The van der Waals surface area contributed by atoms with Crippen LogP contribution in [0.4, 0.5) is 28.4 Å². The summed E-state index contributed by atoms with van der Waals surface area (Å²) in [5.41, 5.74) is 10.5. The van der Waals surface area contributed by atoms with E-state index in [1.165, 1.54) is 0 Å². The summed E-state index contributed by atoms with van der Waals surface area (Å²) in [6.45, 7) is 9.40. The molecule has 0 saturated carbocycles. The Labute approximate surface area is 385 Å². The highest BCUT2D eigenvalue weighted by molar-refractivity contribution is 6.15. The van der Waals surface area contributed by atoms with Crippen LogP contribution in [0.3, 0.4) is 0 Å². The van der Waals surface area contributed by atoms with E-state index in [1.54, 1.807) is 0 Å². The van der Waals surface area contributed by atoms with Crippen molar-refractivity contribution in [2.45, 2.75) is 78.2 Å². The highest BCUT2D eigenvalue weighted by Gasteiger charge is 2.37. The average molecular weight is 890 g/mol. The minimum atomic E-state index is -0.852. The molecule has 9 rings (SSSR count). The van der Waals surface area contributed by atoms with E-state index in [4.69, 9.17) is 28.9 Å². The van der Waals surface area contributed by atoms with Gasteiger partial charge in [0.05, 0.1) is 54.4 Å². The van der Waals surface area contributed by atoms with Gasteiger partial charge in [0.15, 0.2) is 0 Å². The van der Waals surface area contributed by atoms with Crippen molar-refractivity contribution in [1.82, 2.24) is 0 Å². The highest BCUT2D eigenvalue weighted by Crippen LogP contribution is 2.41. The van der Waals surface area contributed by atoms with Gasteiger partial charge in [-0.2, -0.15) is 0 Å². The van der Waals surface area contributed by atoms with Crippen LogP contribution in [0.1, 0.15) is 80.3 Å². The van der Waals surface area contributed by atoms with Crippen LogP contribution < -0.4 is 24.2 Å². The number of carbonyl (C=O) groups is 3. The quantitative estimate of drug-likeness (QED) is 0.0804. The Morgan fingerprint density at radius 1 is 0.682 bits per heavy atom. The summed E-state index contributed by atoms with van der Waals surface area (Å²) in [4.78, 5) is 55.1. The molecular weight excluding hydrogens is 835 g/mol. The van der Waals surface area contributed by atoms with Crippen LogP contribution in [0.15, 0.2) is 101 Å². The van der Waals surface area contributed by atoms with Crippen LogP contribution in [-0.2, 0) is 40.3 Å². The van der Waals surface area contributed by atoms with Crippen LogP contribution >= 0.6 is 0 Å². The third-order valence-corrected chi connectivity index (χ3v) is 12.5. The molecule has 0 radical (unpaired) electrons. The van der Waals surface area contributed by atoms with Crippen LogP contribution in [0.25, 0.3) is 0 Å². The molecule has 0 aliphatic carbocycles. The summed E-state index contributed by atoms with van der Waals surface area (Å²) in [6, 6.07) is 29.3. The van der Waals surface area contributed by atoms with Gasteiger partial charge in [0.2, 0.25) is 0 Å². The van der Waals surface area contributed by atoms with Crippen molar-refractivity contribution in [2.75, 3.05) is 54.2 Å². The number of benzene rings is 5. The van der Waals surface area contributed by atoms with Crippen molar-refractivity contribution < 1.29 is 38.4 Å². The van der Waals surface area contributed by atoms with Gasteiger partial charge in [0.1, 0.15) is 24.7 Å². The number of carbonyl (C=O) groups excluding carboxylic acids is 2. The summed E-state index contributed by atoms with van der Waals surface area (Å²) in [7, 11) is 0. The number of fused-ring (bicyclic) bond motifs is 8. The number of para-hydroxylation sites is 2. The van der Waals surface area contributed by atoms with Gasteiger partial charge in [0, 0.05) is 80.6 Å². The van der Waals surface area contributed by atoms with Gasteiger partial charge < -0.3 is 29.0 Å². The number of amides is 2. The lowest BCUT2D eigenvalue weighted by Gasteiger charge is -2.26. The fraction of sp³-hybridized carbons (Fsp3) is 0.340. The Balaban J connectivity index is 0.973. The van der Waals surface area contributed by atoms with Gasteiger partial charge in [-0.05, 0) is 103 Å². The van der Waals surface area contributed by atoms with E-state index in [-0.39, 0.29) is 43.5 Å². The largest absolute Gasteiger partial charge is 0.489 e. The van der Waals surface area contributed by atoms with Gasteiger partial charge in [-0.15, -0.1) is 0 Å². The van der Waals surface area contributed by atoms with Crippen molar-refractivity contribution in [3.63, 3.8) is 0 Å². The molecule has 5 aromatic rings. The number of aliphatic carboxylic acids is 1. The number of hydrogen-bond donors (Lipinski definition) is 1. The second kappa shape index (κ2) is 19.7. The second-order valence-corrected chi connectivity index (χ2v) is 17.3. The van der Waals surface area contributed by atoms with Crippen LogP contribution in [0.2, 0.25) is 0 Å². The predicted octanol–water partition coefficient (Wildman–Crippen LogP) is 9.15. The van der Waals surface area contributed by atoms with Crippen molar-refractivity contribution in [2.24, 2.45) is 9.98 Å². The van der Waals surface area contributed by atoms with Gasteiger partial charge in [-0.1, -0.05) is 43.3 Å². The third kappa shape index (κ3) is 9.45. The maximum Gasteiger partial charge on any atom is 0.303 e. The van der Waals surface area contributed by atoms with Crippen molar-refractivity contribution in [3.05, 3.63) is 136 Å². The SMILES string of the molecule is CCCOCCOCCN(CCCC(=O)O)c1cc(COc2cc3c(cc2C)C(=O)N2c4ccccc4C[C@H]2C=N3)cc(COc2cc3c(cc2C)C(=O)N2c4ccccc4C[C@H]2C=N3)c1. The fourth-order valence-corrected chi connectivity index (χ4v) is 9.25. The lowest BCUT2D eigenvalue weighted by molar-refractivity contribution is -0.137. The molecule has 2 amide bonds. The molecule has 1 N–H and O–H groups in total. The molecule has 66 heavy (non-hydrogen) atoms. The number of rotatable bonds is 19. The molecule has 13 nitrogen and oxygen atoms in total. The normalized spacial score (nSPS) is 16.5. The predicted molar refractivity (Wildman–Crippen MR) is 256 cm³/mol. The van der Waals surface area contributed by atoms with Crippen molar-refractivity contribution >= 4 is 58.6 Å².